The third-order valence-corrected chi connectivity index (χ3v) is 7.80. The number of hydrogen-bond acceptors (Lipinski definition) is 10. The molecule has 3 atom stereocenters. The number of nitrogens with zero attached hydrogens (tertiary/aromatic N) is 5. The van der Waals surface area contributed by atoms with Crippen LogP contribution in [0.4, 0.5) is 0 Å². The second kappa shape index (κ2) is 11.6. The van der Waals surface area contributed by atoms with Gasteiger partial charge in [-0.3, -0.25) is 0 Å². The first-order valence-electron chi connectivity index (χ1n) is 10.6. The Balaban J connectivity index is 1.93. The van der Waals surface area contributed by atoms with Crippen LogP contribution in [0.25, 0.3) is 0 Å². The number of aromatic nitrogens is 5. The highest BCUT2D eigenvalue weighted by molar-refractivity contribution is 7.91. The zero-order chi connectivity index (χ0) is 24.0. The molecule has 0 amide bonds. The molecule has 0 spiro atoms. The van der Waals surface area contributed by atoms with Crippen LogP contribution in [0.1, 0.15) is 55.5 Å². The fourth-order valence-corrected chi connectivity index (χ4v) is 5.42. The van der Waals surface area contributed by atoms with Gasteiger partial charge in [-0.1, -0.05) is 11.6 Å². The van der Waals surface area contributed by atoms with Crippen molar-refractivity contribution in [3.8, 4) is 0 Å². The normalized spacial score (nSPS) is 18.7. The van der Waals surface area contributed by atoms with E-state index in [4.69, 9.17) is 30.5 Å². The van der Waals surface area contributed by atoms with E-state index in [0.717, 1.165) is 12.8 Å². The zero-order valence-electron chi connectivity index (χ0n) is 19.2. The largest absolute Gasteiger partial charge is 0.382 e. The van der Waals surface area contributed by atoms with Gasteiger partial charge in [0.2, 0.25) is 0 Å². The van der Waals surface area contributed by atoms with Crippen LogP contribution in [0.5, 0.6) is 0 Å². The smallest absolute Gasteiger partial charge is 0.163 e. The predicted molar refractivity (Wildman–Crippen MR) is 120 cm³/mol. The number of ether oxygens (including phenoxy) is 4. The number of methoxy groups -OCH3 is 3. The van der Waals surface area contributed by atoms with Crippen LogP contribution in [0.3, 0.4) is 0 Å². The molecule has 0 aromatic carbocycles. The molecule has 0 saturated carbocycles. The molecule has 184 valence electrons. The molecular formula is C20H30ClN5O6S. The van der Waals surface area contributed by atoms with Gasteiger partial charge in [0, 0.05) is 40.3 Å². The maximum Gasteiger partial charge on any atom is 0.163 e. The molecule has 1 aliphatic heterocycles. The number of hydrogen-bond donors (Lipinski definition) is 0. The van der Waals surface area contributed by atoms with Gasteiger partial charge in [0.05, 0.1) is 29.5 Å². The summed E-state index contributed by atoms with van der Waals surface area (Å²) in [5.41, 5.74) is 0. The van der Waals surface area contributed by atoms with Gasteiger partial charge < -0.3 is 23.5 Å². The van der Waals surface area contributed by atoms with E-state index in [2.05, 4.69) is 20.2 Å². The molecule has 1 fully saturated rings. The molecule has 0 N–H and O–H groups in total. The summed E-state index contributed by atoms with van der Waals surface area (Å²) in [5, 5.41) is 7.93. The van der Waals surface area contributed by atoms with Crippen molar-refractivity contribution >= 4 is 21.4 Å². The van der Waals surface area contributed by atoms with Crippen molar-refractivity contribution in [2.45, 2.75) is 49.0 Å². The highest BCUT2D eigenvalue weighted by Gasteiger charge is 2.36. The molecule has 1 aliphatic rings. The molecule has 0 unspecified atom stereocenters. The van der Waals surface area contributed by atoms with Gasteiger partial charge in [0.15, 0.2) is 21.5 Å². The summed E-state index contributed by atoms with van der Waals surface area (Å²) in [7, 11) is 0.806. The van der Waals surface area contributed by atoms with Gasteiger partial charge in [-0.05, 0) is 19.8 Å². The number of sulfone groups is 1. The second-order valence-electron chi connectivity index (χ2n) is 7.84. The molecule has 1 saturated heterocycles. The maximum atomic E-state index is 13.4. The Morgan fingerprint density at radius 2 is 1.85 bits per heavy atom. The number of halogens is 1. The third kappa shape index (κ3) is 6.06. The summed E-state index contributed by atoms with van der Waals surface area (Å²) in [4.78, 5) is 8.25. The Hall–Kier alpha value is -1.70. The van der Waals surface area contributed by atoms with E-state index < -0.39 is 21.2 Å². The molecule has 13 heteroatoms. The fraction of sp³-hybridized carbons (Fsp3) is 0.700. The highest BCUT2D eigenvalue weighted by atomic mass is 35.5. The first kappa shape index (κ1) is 25.9. The summed E-state index contributed by atoms with van der Waals surface area (Å²) >= 11 is 5.86. The Kier molecular flexibility index (Phi) is 9.13. The fourth-order valence-electron chi connectivity index (χ4n) is 3.89. The van der Waals surface area contributed by atoms with Crippen LogP contribution in [-0.4, -0.2) is 79.6 Å². The van der Waals surface area contributed by atoms with Crippen molar-refractivity contribution in [1.82, 2.24) is 24.7 Å². The van der Waals surface area contributed by atoms with Crippen molar-refractivity contribution in [2.75, 3.05) is 41.2 Å². The van der Waals surface area contributed by atoms with Crippen molar-refractivity contribution in [3.05, 3.63) is 34.9 Å². The van der Waals surface area contributed by atoms with Gasteiger partial charge in [0.1, 0.15) is 23.8 Å². The molecule has 33 heavy (non-hydrogen) atoms. The molecule has 2 aromatic rings. The Morgan fingerprint density at radius 1 is 1.18 bits per heavy atom. The Morgan fingerprint density at radius 3 is 2.39 bits per heavy atom. The van der Waals surface area contributed by atoms with Gasteiger partial charge in [-0.25, -0.2) is 18.4 Å². The van der Waals surface area contributed by atoms with Gasteiger partial charge in [-0.15, -0.1) is 10.2 Å². The number of rotatable bonds is 12. The quantitative estimate of drug-likeness (QED) is 0.424. The lowest BCUT2D eigenvalue weighted by atomic mass is 10.2. The van der Waals surface area contributed by atoms with Gasteiger partial charge in [0.25, 0.3) is 0 Å². The average molecular weight is 504 g/mol. The Bertz CT molecular complexity index is 991. The van der Waals surface area contributed by atoms with E-state index in [-0.39, 0.29) is 23.7 Å². The highest BCUT2D eigenvalue weighted by Crippen LogP contribution is 2.31. The molecular weight excluding hydrogens is 474 g/mol. The Labute approximate surface area is 198 Å². The lowest BCUT2D eigenvalue weighted by molar-refractivity contribution is 0.0709. The summed E-state index contributed by atoms with van der Waals surface area (Å²) in [5.74, 6) is 0.744. The van der Waals surface area contributed by atoms with Crippen LogP contribution < -0.4 is 0 Å². The van der Waals surface area contributed by atoms with Gasteiger partial charge in [-0.2, -0.15) is 0 Å². The van der Waals surface area contributed by atoms with Crippen molar-refractivity contribution in [3.63, 3.8) is 0 Å². The molecule has 3 heterocycles. The SMILES string of the molecule is COCC(COC)n1c(CS(=O)(=O)[C@@H](C)[C@H](OC)c2ncc(Cl)cn2)nnc1[C@H]1CCCO1. The molecule has 3 rings (SSSR count). The van der Waals surface area contributed by atoms with E-state index >= 15 is 0 Å². The summed E-state index contributed by atoms with van der Waals surface area (Å²) in [6, 6.07) is -0.312. The van der Waals surface area contributed by atoms with Crippen LogP contribution in [0, 0.1) is 0 Å². The first-order chi connectivity index (χ1) is 15.8. The minimum atomic E-state index is -3.76. The monoisotopic (exact) mass is 503 g/mol. The zero-order valence-corrected chi connectivity index (χ0v) is 20.8. The molecule has 2 aromatic heterocycles. The molecule has 0 aliphatic carbocycles. The standard InChI is InChI=1S/C20H30ClN5O6S/c1-13(18(31-4)19-22-8-14(21)9-23-19)33(27,28)12-17-24-25-20(16-6-5-7-32-16)26(17)15(10-29-2)11-30-3/h8-9,13,15-16,18H,5-7,10-12H2,1-4H3/t13-,16+,18-/m0/s1. The van der Waals surface area contributed by atoms with E-state index in [9.17, 15) is 8.42 Å². The van der Waals surface area contributed by atoms with Crippen molar-refractivity contribution in [2.24, 2.45) is 0 Å². The lowest BCUT2D eigenvalue weighted by Crippen LogP contribution is -2.31. The molecule has 0 radical (unpaired) electrons. The van der Waals surface area contributed by atoms with E-state index in [1.165, 1.54) is 19.5 Å². The van der Waals surface area contributed by atoms with Crippen LogP contribution >= 0.6 is 11.6 Å². The van der Waals surface area contributed by atoms with E-state index in [1.807, 2.05) is 0 Å². The predicted octanol–water partition coefficient (Wildman–Crippen LogP) is 2.10. The third-order valence-electron chi connectivity index (χ3n) is 5.57. The lowest BCUT2D eigenvalue weighted by Gasteiger charge is -2.24. The summed E-state index contributed by atoms with van der Waals surface area (Å²) in [6.45, 7) is 2.78. The van der Waals surface area contributed by atoms with Crippen LogP contribution in [0.15, 0.2) is 12.4 Å². The summed E-state index contributed by atoms with van der Waals surface area (Å²) < 4.78 is 50.6. The summed E-state index contributed by atoms with van der Waals surface area (Å²) in [6.07, 6.45) is 3.36. The minimum Gasteiger partial charge on any atom is -0.382 e. The van der Waals surface area contributed by atoms with Crippen LogP contribution in [0.2, 0.25) is 5.02 Å². The van der Waals surface area contributed by atoms with E-state index in [1.54, 1.807) is 25.7 Å². The van der Waals surface area contributed by atoms with Crippen molar-refractivity contribution in [1.29, 1.82) is 0 Å². The molecule has 0 bridgehead atoms. The topological polar surface area (TPSA) is 128 Å². The van der Waals surface area contributed by atoms with E-state index in [0.29, 0.717) is 36.5 Å². The average Bonchev–Trinajstić information content (AvgIpc) is 3.45. The first-order valence-corrected chi connectivity index (χ1v) is 12.7. The molecule has 11 nitrogen and oxygen atoms in total. The maximum absolute atomic E-state index is 13.4. The van der Waals surface area contributed by atoms with Gasteiger partial charge >= 0.3 is 0 Å². The minimum absolute atomic E-state index is 0.233. The second-order valence-corrected chi connectivity index (χ2v) is 10.6. The van der Waals surface area contributed by atoms with Crippen molar-refractivity contribution < 1.29 is 27.4 Å². The van der Waals surface area contributed by atoms with Crippen LogP contribution in [-0.2, 0) is 34.5 Å².